The fraction of sp³-hybridized carbons (Fsp3) is 0.167. The first-order valence-electron chi connectivity index (χ1n) is 7.14. The molecular formula is C18H18N2OS. The van der Waals surface area contributed by atoms with Crippen LogP contribution in [0.5, 0.6) is 0 Å². The first kappa shape index (κ1) is 14.6. The normalized spacial score (nSPS) is 11.8. The predicted octanol–water partition coefficient (Wildman–Crippen LogP) is 4.84. The summed E-state index contributed by atoms with van der Waals surface area (Å²) < 4.78 is 7.65. The summed E-state index contributed by atoms with van der Waals surface area (Å²) in [4.78, 5) is 5.79. The Morgan fingerprint density at radius 2 is 2.18 bits per heavy atom. The van der Waals surface area contributed by atoms with Crippen LogP contribution >= 0.6 is 11.3 Å². The molecule has 2 heterocycles. The van der Waals surface area contributed by atoms with Gasteiger partial charge in [0.25, 0.3) is 0 Å². The van der Waals surface area contributed by atoms with E-state index in [0.29, 0.717) is 6.54 Å². The first-order chi connectivity index (χ1) is 10.7. The molecule has 0 saturated carbocycles. The number of hydrogen-bond acceptors (Lipinski definition) is 3. The van der Waals surface area contributed by atoms with Crippen LogP contribution in [0.3, 0.4) is 0 Å². The summed E-state index contributed by atoms with van der Waals surface area (Å²) in [7, 11) is 0. The number of aryl methyl sites for hydroxylation is 2. The molecule has 0 amide bonds. The molecule has 3 aromatic rings. The number of rotatable bonds is 4. The van der Waals surface area contributed by atoms with E-state index in [9.17, 15) is 0 Å². The minimum atomic E-state index is 0.698. The second kappa shape index (κ2) is 6.20. The summed E-state index contributed by atoms with van der Waals surface area (Å²) in [5.41, 5.74) is 4.41. The molecule has 0 unspecified atom stereocenters. The summed E-state index contributed by atoms with van der Waals surface area (Å²) in [6.45, 7) is 8.71. The number of allylic oxidation sites excluding steroid dienone is 1. The Kier molecular flexibility index (Phi) is 4.11. The van der Waals surface area contributed by atoms with Crippen molar-refractivity contribution >= 4 is 17.0 Å². The van der Waals surface area contributed by atoms with Crippen LogP contribution in [-0.2, 0) is 6.54 Å². The third-order valence-corrected chi connectivity index (χ3v) is 4.33. The molecule has 3 rings (SSSR count). The number of benzene rings is 1. The lowest BCUT2D eigenvalue weighted by Crippen LogP contribution is -2.14. The van der Waals surface area contributed by atoms with Crippen LogP contribution in [0.15, 0.2) is 64.0 Å². The average molecular weight is 310 g/mol. The van der Waals surface area contributed by atoms with Crippen molar-refractivity contribution in [3.8, 4) is 11.5 Å². The van der Waals surface area contributed by atoms with E-state index in [1.165, 1.54) is 11.1 Å². The molecule has 112 valence electrons. The van der Waals surface area contributed by atoms with Gasteiger partial charge in [-0.2, -0.15) is 0 Å². The zero-order valence-corrected chi connectivity index (χ0v) is 13.6. The second-order valence-electron chi connectivity index (χ2n) is 5.18. The third-order valence-electron chi connectivity index (χ3n) is 3.46. The minimum absolute atomic E-state index is 0.698. The van der Waals surface area contributed by atoms with Gasteiger partial charge in [-0.15, -0.1) is 17.9 Å². The Bertz CT molecular complexity index is 854. The summed E-state index contributed by atoms with van der Waals surface area (Å²) in [5, 5.41) is 2.08. The highest BCUT2D eigenvalue weighted by Crippen LogP contribution is 2.23. The monoisotopic (exact) mass is 310 g/mol. The Morgan fingerprint density at radius 1 is 1.32 bits per heavy atom. The molecule has 0 saturated heterocycles. The van der Waals surface area contributed by atoms with Gasteiger partial charge in [0.1, 0.15) is 0 Å². The third kappa shape index (κ3) is 2.83. The SMILES string of the molecule is C=CCn1c(-c2ccco2)csc1=Nc1cc(C)ccc1C. The summed E-state index contributed by atoms with van der Waals surface area (Å²) in [6, 6.07) is 10.2. The van der Waals surface area contributed by atoms with Crippen molar-refractivity contribution in [2.24, 2.45) is 4.99 Å². The fourth-order valence-electron chi connectivity index (χ4n) is 2.29. The van der Waals surface area contributed by atoms with E-state index in [2.05, 4.69) is 48.6 Å². The lowest BCUT2D eigenvalue weighted by molar-refractivity contribution is 0.574. The standard InChI is InChI=1S/C18H18N2OS/c1-4-9-20-16(17-6-5-10-21-17)12-22-18(20)19-15-11-13(2)7-8-14(15)3/h4-8,10-12H,1,9H2,2-3H3. The molecule has 0 atom stereocenters. The lowest BCUT2D eigenvalue weighted by Gasteiger charge is -2.05. The van der Waals surface area contributed by atoms with Gasteiger partial charge in [-0.05, 0) is 43.2 Å². The van der Waals surface area contributed by atoms with E-state index in [0.717, 1.165) is 21.9 Å². The van der Waals surface area contributed by atoms with Crippen molar-refractivity contribution < 1.29 is 4.42 Å². The van der Waals surface area contributed by atoms with E-state index in [1.54, 1.807) is 17.6 Å². The van der Waals surface area contributed by atoms with E-state index < -0.39 is 0 Å². The Hall–Kier alpha value is -2.33. The molecule has 4 heteroatoms. The Balaban J connectivity index is 2.16. The number of nitrogens with zero attached hydrogens (tertiary/aromatic N) is 2. The van der Waals surface area contributed by atoms with Gasteiger partial charge in [-0.25, -0.2) is 4.99 Å². The molecule has 0 bridgehead atoms. The highest BCUT2D eigenvalue weighted by atomic mass is 32.1. The highest BCUT2D eigenvalue weighted by Gasteiger charge is 2.09. The number of aromatic nitrogens is 1. The van der Waals surface area contributed by atoms with Crippen molar-refractivity contribution in [1.82, 2.24) is 4.57 Å². The molecule has 2 aromatic heterocycles. The zero-order chi connectivity index (χ0) is 15.5. The van der Waals surface area contributed by atoms with Gasteiger partial charge in [0.05, 0.1) is 17.6 Å². The van der Waals surface area contributed by atoms with E-state index in [1.807, 2.05) is 18.2 Å². The van der Waals surface area contributed by atoms with Gasteiger partial charge in [0.15, 0.2) is 10.6 Å². The van der Waals surface area contributed by atoms with Crippen molar-refractivity contribution in [3.63, 3.8) is 0 Å². The van der Waals surface area contributed by atoms with Crippen molar-refractivity contribution in [1.29, 1.82) is 0 Å². The van der Waals surface area contributed by atoms with Crippen LogP contribution in [0.2, 0.25) is 0 Å². The van der Waals surface area contributed by atoms with Crippen molar-refractivity contribution in [2.75, 3.05) is 0 Å². The van der Waals surface area contributed by atoms with Crippen LogP contribution in [0.1, 0.15) is 11.1 Å². The van der Waals surface area contributed by atoms with Gasteiger partial charge in [-0.1, -0.05) is 18.2 Å². The van der Waals surface area contributed by atoms with Crippen LogP contribution in [-0.4, -0.2) is 4.57 Å². The molecule has 0 radical (unpaired) electrons. The predicted molar refractivity (Wildman–Crippen MR) is 91.3 cm³/mol. The highest BCUT2D eigenvalue weighted by molar-refractivity contribution is 7.07. The molecule has 1 aromatic carbocycles. The van der Waals surface area contributed by atoms with Gasteiger partial charge in [-0.3, -0.25) is 0 Å². The van der Waals surface area contributed by atoms with Crippen LogP contribution in [0.4, 0.5) is 5.69 Å². The Labute approximate surface area is 133 Å². The topological polar surface area (TPSA) is 30.4 Å². The molecule has 0 N–H and O–H groups in total. The first-order valence-corrected chi connectivity index (χ1v) is 8.02. The molecular weight excluding hydrogens is 292 g/mol. The van der Waals surface area contributed by atoms with Gasteiger partial charge >= 0.3 is 0 Å². The smallest absolute Gasteiger partial charge is 0.190 e. The number of thiazole rings is 1. The largest absolute Gasteiger partial charge is 0.463 e. The summed E-state index contributed by atoms with van der Waals surface area (Å²) >= 11 is 1.61. The molecule has 3 nitrogen and oxygen atoms in total. The fourth-order valence-corrected chi connectivity index (χ4v) is 3.20. The van der Waals surface area contributed by atoms with E-state index >= 15 is 0 Å². The van der Waals surface area contributed by atoms with Crippen molar-refractivity contribution in [3.05, 3.63) is 70.6 Å². The number of hydrogen-bond donors (Lipinski definition) is 0. The molecule has 22 heavy (non-hydrogen) atoms. The molecule has 0 aliphatic heterocycles. The molecule has 0 fully saturated rings. The maximum absolute atomic E-state index is 5.52. The van der Waals surface area contributed by atoms with Crippen LogP contribution < -0.4 is 4.80 Å². The lowest BCUT2D eigenvalue weighted by atomic mass is 10.1. The molecule has 0 spiro atoms. The van der Waals surface area contributed by atoms with E-state index in [4.69, 9.17) is 9.41 Å². The molecule has 0 aliphatic carbocycles. The minimum Gasteiger partial charge on any atom is -0.463 e. The second-order valence-corrected chi connectivity index (χ2v) is 6.02. The maximum Gasteiger partial charge on any atom is 0.190 e. The molecule has 0 aliphatic rings. The van der Waals surface area contributed by atoms with E-state index in [-0.39, 0.29) is 0 Å². The zero-order valence-electron chi connectivity index (χ0n) is 12.7. The van der Waals surface area contributed by atoms with Gasteiger partial charge in [0, 0.05) is 11.9 Å². The number of furan rings is 1. The maximum atomic E-state index is 5.52. The van der Waals surface area contributed by atoms with Crippen LogP contribution in [0.25, 0.3) is 11.5 Å². The quantitative estimate of drug-likeness (QED) is 0.634. The average Bonchev–Trinajstić information content (AvgIpc) is 3.14. The Morgan fingerprint density at radius 3 is 2.91 bits per heavy atom. The van der Waals surface area contributed by atoms with Gasteiger partial charge < -0.3 is 8.98 Å². The summed E-state index contributed by atoms with van der Waals surface area (Å²) in [6.07, 6.45) is 3.56. The van der Waals surface area contributed by atoms with Gasteiger partial charge in [0.2, 0.25) is 0 Å². The van der Waals surface area contributed by atoms with Crippen molar-refractivity contribution in [2.45, 2.75) is 20.4 Å². The summed E-state index contributed by atoms with van der Waals surface area (Å²) in [5.74, 6) is 0.848. The van der Waals surface area contributed by atoms with Crippen LogP contribution in [0, 0.1) is 13.8 Å².